The Balaban J connectivity index is 1.84. The Labute approximate surface area is 133 Å². The van der Waals surface area contributed by atoms with Gasteiger partial charge < -0.3 is 4.74 Å². The van der Waals surface area contributed by atoms with E-state index in [0.29, 0.717) is 0 Å². The van der Waals surface area contributed by atoms with Gasteiger partial charge in [-0.3, -0.25) is 0 Å². The molecule has 3 heteroatoms. The number of aromatic nitrogens is 2. The zero-order valence-corrected chi connectivity index (χ0v) is 13.5. The molecule has 0 fully saturated rings. The highest BCUT2D eigenvalue weighted by Crippen LogP contribution is 2.15. The zero-order chi connectivity index (χ0) is 15.6. The van der Waals surface area contributed by atoms with E-state index in [9.17, 15) is 0 Å². The first-order valence-corrected chi connectivity index (χ1v) is 7.97. The molecule has 116 valence electrons. The van der Waals surface area contributed by atoms with Crippen LogP contribution in [0.25, 0.3) is 12.2 Å². The Kier molecular flexibility index (Phi) is 6.62. The molecule has 2 aromatic rings. The van der Waals surface area contributed by atoms with Crippen LogP contribution < -0.4 is 4.74 Å². The van der Waals surface area contributed by atoms with E-state index in [4.69, 9.17) is 4.74 Å². The first-order chi connectivity index (χ1) is 10.8. The quantitative estimate of drug-likeness (QED) is 0.649. The van der Waals surface area contributed by atoms with Gasteiger partial charge in [-0.05, 0) is 43.2 Å². The summed E-state index contributed by atoms with van der Waals surface area (Å²) in [4.78, 5) is 8.31. The van der Waals surface area contributed by atoms with E-state index in [-0.39, 0.29) is 0 Å². The number of benzene rings is 1. The Morgan fingerprint density at radius 1 is 1.00 bits per heavy atom. The number of hydrogen-bond donors (Lipinski definition) is 0. The second-order valence-corrected chi connectivity index (χ2v) is 5.40. The van der Waals surface area contributed by atoms with E-state index in [0.717, 1.165) is 35.7 Å². The van der Waals surface area contributed by atoms with Crippen LogP contribution in [0.2, 0.25) is 0 Å². The van der Waals surface area contributed by atoms with E-state index in [1.54, 1.807) is 6.33 Å². The average Bonchev–Trinajstić information content (AvgIpc) is 2.54. The third kappa shape index (κ3) is 5.68. The summed E-state index contributed by atoms with van der Waals surface area (Å²) >= 11 is 0. The van der Waals surface area contributed by atoms with Gasteiger partial charge >= 0.3 is 0 Å². The Morgan fingerprint density at radius 2 is 1.82 bits per heavy atom. The topological polar surface area (TPSA) is 35.0 Å². The maximum Gasteiger partial charge on any atom is 0.119 e. The molecule has 0 unspecified atom stereocenters. The van der Waals surface area contributed by atoms with Crippen LogP contribution in [0.3, 0.4) is 0 Å². The molecule has 22 heavy (non-hydrogen) atoms. The van der Waals surface area contributed by atoms with Gasteiger partial charge in [0.25, 0.3) is 0 Å². The summed E-state index contributed by atoms with van der Waals surface area (Å²) in [7, 11) is 0. The van der Waals surface area contributed by atoms with Gasteiger partial charge in [0.05, 0.1) is 12.3 Å². The first kappa shape index (κ1) is 16.2. The molecule has 0 aliphatic rings. The molecule has 1 aromatic heterocycles. The molecule has 0 saturated carbocycles. The van der Waals surface area contributed by atoms with Gasteiger partial charge in [0.15, 0.2) is 0 Å². The SMILES string of the molecule is CCCCCCOc1ccc(/C=C/c2cc(C)ncn2)cc1. The molecular formula is C19H24N2O. The number of nitrogens with zero attached hydrogens (tertiary/aromatic N) is 2. The van der Waals surface area contributed by atoms with Gasteiger partial charge in [-0.15, -0.1) is 0 Å². The number of aryl methyl sites for hydroxylation is 1. The van der Waals surface area contributed by atoms with Crippen LogP contribution in [0.4, 0.5) is 0 Å². The predicted molar refractivity (Wildman–Crippen MR) is 91.8 cm³/mol. The summed E-state index contributed by atoms with van der Waals surface area (Å²) in [5.74, 6) is 0.937. The van der Waals surface area contributed by atoms with Crippen LogP contribution in [0.5, 0.6) is 5.75 Å². The summed E-state index contributed by atoms with van der Waals surface area (Å²) in [5.41, 5.74) is 3.03. The van der Waals surface area contributed by atoms with Crippen molar-refractivity contribution < 1.29 is 4.74 Å². The predicted octanol–water partition coefficient (Wildman–Crippen LogP) is 4.91. The summed E-state index contributed by atoms with van der Waals surface area (Å²) in [6.07, 6.45) is 10.5. The first-order valence-electron chi connectivity index (χ1n) is 7.97. The van der Waals surface area contributed by atoms with Crippen molar-refractivity contribution in [1.29, 1.82) is 0 Å². The molecule has 2 rings (SSSR count). The van der Waals surface area contributed by atoms with Gasteiger partial charge in [0.1, 0.15) is 12.1 Å². The molecule has 0 atom stereocenters. The smallest absolute Gasteiger partial charge is 0.119 e. The van der Waals surface area contributed by atoms with Crippen molar-refractivity contribution in [2.24, 2.45) is 0 Å². The van der Waals surface area contributed by atoms with E-state index in [2.05, 4.69) is 29.0 Å². The minimum absolute atomic E-state index is 0.801. The largest absolute Gasteiger partial charge is 0.494 e. The Bertz CT molecular complexity index is 591. The van der Waals surface area contributed by atoms with Crippen LogP contribution >= 0.6 is 0 Å². The monoisotopic (exact) mass is 296 g/mol. The van der Waals surface area contributed by atoms with Gasteiger partial charge in [-0.25, -0.2) is 9.97 Å². The molecule has 1 aromatic carbocycles. The normalized spacial score (nSPS) is 11.0. The number of unbranched alkanes of at least 4 members (excludes halogenated alkanes) is 3. The maximum atomic E-state index is 5.74. The van der Waals surface area contributed by atoms with Crippen molar-refractivity contribution in [2.45, 2.75) is 39.5 Å². The highest BCUT2D eigenvalue weighted by molar-refractivity contribution is 5.68. The minimum atomic E-state index is 0.801. The van der Waals surface area contributed by atoms with E-state index >= 15 is 0 Å². The molecule has 0 aliphatic carbocycles. The van der Waals surface area contributed by atoms with Crippen LogP contribution in [-0.4, -0.2) is 16.6 Å². The summed E-state index contributed by atoms with van der Waals surface area (Å²) < 4.78 is 5.74. The van der Waals surface area contributed by atoms with Crippen LogP contribution in [-0.2, 0) is 0 Å². The van der Waals surface area contributed by atoms with E-state index < -0.39 is 0 Å². The highest BCUT2D eigenvalue weighted by Gasteiger charge is 1.95. The van der Waals surface area contributed by atoms with Gasteiger partial charge in [-0.2, -0.15) is 0 Å². The Hall–Kier alpha value is -2.16. The van der Waals surface area contributed by atoms with Crippen molar-refractivity contribution in [3.8, 4) is 5.75 Å². The average molecular weight is 296 g/mol. The standard InChI is InChI=1S/C19H24N2O/c1-3-4-5-6-13-22-19-11-8-17(9-12-19)7-10-18-14-16(2)20-15-21-18/h7-12,14-15H,3-6,13H2,1-2H3/b10-7+. The molecule has 1 heterocycles. The molecule has 0 spiro atoms. The van der Waals surface area contributed by atoms with E-state index in [1.165, 1.54) is 19.3 Å². The van der Waals surface area contributed by atoms with Crippen LogP contribution in [0.15, 0.2) is 36.7 Å². The second-order valence-electron chi connectivity index (χ2n) is 5.40. The lowest BCUT2D eigenvalue weighted by Crippen LogP contribution is -1.96. The minimum Gasteiger partial charge on any atom is -0.494 e. The fraction of sp³-hybridized carbons (Fsp3) is 0.368. The number of ether oxygens (including phenoxy) is 1. The van der Waals surface area contributed by atoms with Crippen molar-refractivity contribution in [1.82, 2.24) is 9.97 Å². The lowest BCUT2D eigenvalue weighted by atomic mass is 10.2. The second kappa shape index (κ2) is 8.98. The molecule has 0 radical (unpaired) electrons. The van der Waals surface area contributed by atoms with Crippen LogP contribution in [0.1, 0.15) is 49.6 Å². The third-order valence-corrected chi connectivity index (χ3v) is 3.42. The fourth-order valence-corrected chi connectivity index (χ4v) is 2.14. The third-order valence-electron chi connectivity index (χ3n) is 3.42. The Morgan fingerprint density at radius 3 is 2.55 bits per heavy atom. The molecule has 3 nitrogen and oxygen atoms in total. The molecule has 0 saturated heterocycles. The van der Waals surface area contributed by atoms with Gasteiger partial charge in [-0.1, -0.05) is 44.4 Å². The van der Waals surface area contributed by atoms with Crippen molar-refractivity contribution >= 4 is 12.2 Å². The summed E-state index contributed by atoms with van der Waals surface area (Å²) in [5, 5.41) is 0. The number of hydrogen-bond acceptors (Lipinski definition) is 3. The molecule has 0 N–H and O–H groups in total. The van der Waals surface area contributed by atoms with E-state index in [1.807, 2.05) is 37.3 Å². The zero-order valence-electron chi connectivity index (χ0n) is 13.5. The number of rotatable bonds is 8. The van der Waals surface area contributed by atoms with Crippen molar-refractivity contribution in [3.05, 3.63) is 53.6 Å². The summed E-state index contributed by atoms with van der Waals surface area (Å²) in [6, 6.07) is 10.1. The molecule has 0 aliphatic heterocycles. The molecular weight excluding hydrogens is 272 g/mol. The van der Waals surface area contributed by atoms with Gasteiger partial charge in [0.2, 0.25) is 0 Å². The van der Waals surface area contributed by atoms with Crippen molar-refractivity contribution in [3.63, 3.8) is 0 Å². The highest BCUT2D eigenvalue weighted by atomic mass is 16.5. The lowest BCUT2D eigenvalue weighted by Gasteiger charge is -2.06. The summed E-state index contributed by atoms with van der Waals surface area (Å²) in [6.45, 7) is 4.98. The molecule has 0 bridgehead atoms. The lowest BCUT2D eigenvalue weighted by molar-refractivity contribution is 0.305. The van der Waals surface area contributed by atoms with Gasteiger partial charge in [0, 0.05) is 5.69 Å². The van der Waals surface area contributed by atoms with Crippen molar-refractivity contribution in [2.75, 3.05) is 6.61 Å². The fourth-order valence-electron chi connectivity index (χ4n) is 2.14. The maximum absolute atomic E-state index is 5.74. The van der Waals surface area contributed by atoms with Crippen LogP contribution in [0, 0.1) is 6.92 Å². The molecule has 0 amide bonds.